The molecule has 1 aliphatic rings. The molecule has 1 amide bonds. The van der Waals surface area contributed by atoms with Crippen LogP contribution in [0.3, 0.4) is 0 Å². The molecule has 180 valence electrons. The minimum absolute atomic E-state index is 0.0727. The van der Waals surface area contributed by atoms with E-state index in [1.54, 1.807) is 24.3 Å². The van der Waals surface area contributed by atoms with Crippen molar-refractivity contribution in [3.63, 3.8) is 0 Å². The van der Waals surface area contributed by atoms with Gasteiger partial charge in [-0.2, -0.15) is 31.4 Å². The molecule has 0 saturated heterocycles. The molecule has 0 saturated carbocycles. The summed E-state index contributed by atoms with van der Waals surface area (Å²) >= 11 is 5.63. The Hall–Kier alpha value is -3.21. The summed E-state index contributed by atoms with van der Waals surface area (Å²) in [5.74, 6) is -1.17. The monoisotopic (exact) mass is 502 g/mol. The van der Waals surface area contributed by atoms with Crippen molar-refractivity contribution in [2.75, 3.05) is 10.6 Å². The molecule has 0 radical (unpaired) electrons. The summed E-state index contributed by atoms with van der Waals surface area (Å²) in [6, 6.07) is 8.06. The summed E-state index contributed by atoms with van der Waals surface area (Å²) in [6.45, 7) is 1.85. The van der Waals surface area contributed by atoms with Crippen molar-refractivity contribution in [3.05, 3.63) is 75.9 Å². The number of fused-ring (bicyclic) bond motifs is 1. The van der Waals surface area contributed by atoms with E-state index in [1.807, 2.05) is 6.92 Å². The Morgan fingerprint density at radius 3 is 2.38 bits per heavy atom. The Kier molecular flexibility index (Phi) is 6.01. The van der Waals surface area contributed by atoms with Crippen LogP contribution in [-0.4, -0.2) is 21.9 Å². The van der Waals surface area contributed by atoms with E-state index in [1.165, 1.54) is 0 Å². The van der Waals surface area contributed by atoms with Gasteiger partial charge in [0, 0.05) is 17.5 Å². The molecule has 1 aliphatic heterocycles. The van der Waals surface area contributed by atoms with Crippen molar-refractivity contribution in [2.45, 2.75) is 37.8 Å². The number of rotatable bonds is 3. The molecule has 34 heavy (non-hydrogen) atoms. The Balaban J connectivity index is 1.66. The number of carbonyl (C=O) groups excluding carboxylic acids is 1. The molecule has 0 unspecified atom stereocenters. The van der Waals surface area contributed by atoms with Crippen LogP contribution in [0.15, 0.2) is 48.5 Å². The van der Waals surface area contributed by atoms with Gasteiger partial charge in [0.1, 0.15) is 5.82 Å². The van der Waals surface area contributed by atoms with Gasteiger partial charge in [-0.3, -0.25) is 4.79 Å². The fourth-order valence-corrected chi connectivity index (χ4v) is 3.92. The minimum Gasteiger partial charge on any atom is -0.363 e. The van der Waals surface area contributed by atoms with E-state index < -0.39 is 47.3 Å². The second-order valence-corrected chi connectivity index (χ2v) is 8.34. The van der Waals surface area contributed by atoms with Crippen molar-refractivity contribution < 1.29 is 31.1 Å². The number of carbonyl (C=O) groups is 1. The first-order valence-corrected chi connectivity index (χ1v) is 10.4. The van der Waals surface area contributed by atoms with E-state index in [2.05, 4.69) is 15.7 Å². The zero-order valence-electron chi connectivity index (χ0n) is 17.4. The summed E-state index contributed by atoms with van der Waals surface area (Å²) in [5.41, 5.74) is -0.691. The zero-order chi connectivity index (χ0) is 24.8. The number of hydrogen-bond acceptors (Lipinski definition) is 3. The lowest BCUT2D eigenvalue weighted by molar-refractivity contribution is -0.173. The lowest BCUT2D eigenvalue weighted by atomic mass is 9.96. The van der Waals surface area contributed by atoms with Crippen molar-refractivity contribution in [3.8, 4) is 0 Å². The summed E-state index contributed by atoms with van der Waals surface area (Å²) < 4.78 is 82.1. The van der Waals surface area contributed by atoms with Crippen LogP contribution in [0, 0.1) is 6.92 Å². The number of nitrogens with zero attached hydrogens (tertiary/aromatic N) is 2. The van der Waals surface area contributed by atoms with E-state index in [0.717, 1.165) is 23.8 Å². The van der Waals surface area contributed by atoms with Gasteiger partial charge in [-0.25, -0.2) is 4.68 Å². The first-order chi connectivity index (χ1) is 15.8. The van der Waals surface area contributed by atoms with Crippen LogP contribution in [0.2, 0.25) is 5.02 Å². The lowest BCUT2D eigenvalue weighted by Gasteiger charge is -2.33. The molecule has 2 heterocycles. The number of benzene rings is 2. The van der Waals surface area contributed by atoms with Gasteiger partial charge in [0.25, 0.3) is 5.91 Å². The van der Waals surface area contributed by atoms with E-state index >= 15 is 0 Å². The minimum atomic E-state index is -4.81. The lowest BCUT2D eigenvalue weighted by Crippen LogP contribution is -2.35. The number of aromatic nitrogens is 2. The van der Waals surface area contributed by atoms with E-state index in [0.29, 0.717) is 16.3 Å². The molecule has 2 atom stereocenters. The average Bonchev–Trinajstić information content (AvgIpc) is 3.17. The molecule has 0 bridgehead atoms. The van der Waals surface area contributed by atoms with Crippen molar-refractivity contribution >= 4 is 29.0 Å². The third-order valence-electron chi connectivity index (χ3n) is 5.44. The Morgan fingerprint density at radius 1 is 1.09 bits per heavy atom. The smallest absolute Gasteiger partial charge is 0.363 e. The molecule has 1 aromatic heterocycles. The summed E-state index contributed by atoms with van der Waals surface area (Å²) in [7, 11) is 0. The van der Waals surface area contributed by atoms with Gasteiger partial charge in [-0.1, -0.05) is 41.4 Å². The van der Waals surface area contributed by atoms with Crippen LogP contribution < -0.4 is 10.6 Å². The first-order valence-electron chi connectivity index (χ1n) is 10.0. The normalized spacial score (nSPS) is 18.2. The summed E-state index contributed by atoms with van der Waals surface area (Å²) in [4.78, 5) is 12.6. The van der Waals surface area contributed by atoms with Crippen LogP contribution in [0.5, 0.6) is 0 Å². The number of halogens is 7. The first kappa shape index (κ1) is 23.9. The predicted octanol–water partition coefficient (Wildman–Crippen LogP) is 6.78. The molecule has 3 aromatic rings. The maximum atomic E-state index is 13.8. The van der Waals surface area contributed by atoms with Crippen molar-refractivity contribution in [1.82, 2.24) is 9.78 Å². The van der Waals surface area contributed by atoms with Crippen LogP contribution in [0.1, 0.15) is 45.7 Å². The molecular weight excluding hydrogens is 486 g/mol. The molecule has 5 nitrogen and oxygen atoms in total. The van der Waals surface area contributed by atoms with Gasteiger partial charge < -0.3 is 10.6 Å². The average molecular weight is 503 g/mol. The molecule has 12 heteroatoms. The standard InChI is InChI=1S/C22H17ClF6N4O/c1-11-2-4-12(5-3-11)16-9-18(22(27,28)29)33-19(30-16)10-17(32-33)20(34)31-15-7-6-13(23)8-14(15)21(24,25)26/h2-8,10,16,18,30H,9H2,1H3,(H,31,34)/t16-,18-/m1/s1. The van der Waals surface area contributed by atoms with Crippen LogP contribution in [0.25, 0.3) is 0 Å². The zero-order valence-corrected chi connectivity index (χ0v) is 18.2. The summed E-state index contributed by atoms with van der Waals surface area (Å²) in [5, 5.41) is 8.58. The van der Waals surface area contributed by atoms with Gasteiger partial charge in [0.2, 0.25) is 0 Å². The highest BCUT2D eigenvalue weighted by Crippen LogP contribution is 2.44. The fraction of sp³-hybridized carbons (Fsp3) is 0.273. The Labute approximate surface area is 194 Å². The number of hydrogen-bond donors (Lipinski definition) is 2. The van der Waals surface area contributed by atoms with E-state index in [9.17, 15) is 31.1 Å². The topological polar surface area (TPSA) is 59.0 Å². The number of nitrogens with one attached hydrogen (secondary N) is 2. The Bertz CT molecular complexity index is 1220. The van der Waals surface area contributed by atoms with Crippen LogP contribution in [-0.2, 0) is 6.18 Å². The van der Waals surface area contributed by atoms with E-state index in [4.69, 9.17) is 11.6 Å². The number of anilines is 2. The predicted molar refractivity (Wildman–Crippen MR) is 114 cm³/mol. The number of aryl methyl sites for hydroxylation is 1. The molecule has 0 aliphatic carbocycles. The van der Waals surface area contributed by atoms with E-state index in [-0.39, 0.29) is 17.3 Å². The third-order valence-corrected chi connectivity index (χ3v) is 5.67. The second-order valence-electron chi connectivity index (χ2n) is 7.90. The SMILES string of the molecule is Cc1ccc([C@H]2C[C@H](C(F)(F)F)n3nc(C(=O)Nc4ccc(Cl)cc4C(F)(F)F)cc3N2)cc1. The highest BCUT2D eigenvalue weighted by Gasteiger charge is 2.47. The molecule has 0 fully saturated rings. The molecule has 4 rings (SSSR count). The van der Waals surface area contributed by atoms with Crippen molar-refractivity contribution in [1.29, 1.82) is 0 Å². The van der Waals surface area contributed by atoms with Gasteiger partial charge >= 0.3 is 12.4 Å². The maximum absolute atomic E-state index is 13.8. The van der Waals surface area contributed by atoms with Gasteiger partial charge in [0.05, 0.1) is 17.3 Å². The molecule has 2 aromatic carbocycles. The fourth-order valence-electron chi connectivity index (χ4n) is 3.75. The Morgan fingerprint density at radius 2 is 1.76 bits per heavy atom. The molecular formula is C22H17ClF6N4O. The second kappa shape index (κ2) is 8.53. The largest absolute Gasteiger partial charge is 0.418 e. The summed E-state index contributed by atoms with van der Waals surface area (Å²) in [6.07, 6.45) is -9.86. The molecule has 0 spiro atoms. The van der Waals surface area contributed by atoms with Gasteiger partial charge in [-0.15, -0.1) is 0 Å². The van der Waals surface area contributed by atoms with Crippen molar-refractivity contribution in [2.24, 2.45) is 0 Å². The number of alkyl halides is 6. The number of amides is 1. The van der Waals surface area contributed by atoms with Crippen LogP contribution in [0.4, 0.5) is 37.8 Å². The quantitative estimate of drug-likeness (QED) is 0.388. The molecule has 2 N–H and O–H groups in total. The maximum Gasteiger partial charge on any atom is 0.418 e. The highest BCUT2D eigenvalue weighted by molar-refractivity contribution is 6.30. The van der Waals surface area contributed by atoms with Gasteiger partial charge in [-0.05, 0) is 30.7 Å². The highest BCUT2D eigenvalue weighted by atomic mass is 35.5. The van der Waals surface area contributed by atoms with Gasteiger partial charge in [0.15, 0.2) is 11.7 Å². The van der Waals surface area contributed by atoms with Crippen LogP contribution >= 0.6 is 11.6 Å². The third kappa shape index (κ3) is 4.84.